The smallest absolute Gasteiger partial charge is 0.217 e. The molecule has 4 atom stereocenters. The second-order valence-electron chi connectivity index (χ2n) is 12.8. The van der Waals surface area contributed by atoms with Gasteiger partial charge in [0.05, 0.1) is 25.3 Å². The van der Waals surface area contributed by atoms with Gasteiger partial charge in [0, 0.05) is 55.9 Å². The van der Waals surface area contributed by atoms with Gasteiger partial charge in [-0.2, -0.15) is 15.0 Å². The molecule has 0 saturated carbocycles. The summed E-state index contributed by atoms with van der Waals surface area (Å²) in [4.78, 5) is 8.18. The quantitative estimate of drug-likeness (QED) is 0.139. The summed E-state index contributed by atoms with van der Waals surface area (Å²) in [6, 6.07) is 17.0. The molecule has 3 saturated heterocycles. The maximum Gasteiger partial charge on any atom is 0.217 e. The van der Waals surface area contributed by atoms with Crippen LogP contribution < -0.4 is 24.8 Å². The van der Waals surface area contributed by atoms with Crippen LogP contribution >= 0.6 is 0 Å². The van der Waals surface area contributed by atoms with Crippen LogP contribution in [0.2, 0.25) is 0 Å². The van der Waals surface area contributed by atoms with Gasteiger partial charge in [-0.15, -0.1) is 0 Å². The van der Waals surface area contributed by atoms with Crippen LogP contribution in [0.1, 0.15) is 67.2 Å². The van der Waals surface area contributed by atoms with E-state index in [1.54, 1.807) is 22.1 Å². The number of nitrogens with zero attached hydrogens (tertiary/aromatic N) is 6. The highest BCUT2D eigenvalue weighted by atomic mass is 16.8. The van der Waals surface area contributed by atoms with Crippen molar-refractivity contribution in [3.05, 3.63) is 73.3 Å². The zero-order valence-electron chi connectivity index (χ0n) is 31.6. The van der Waals surface area contributed by atoms with Crippen LogP contribution in [0.4, 0.5) is 17.1 Å². The van der Waals surface area contributed by atoms with Crippen LogP contribution in [0.3, 0.4) is 0 Å². The van der Waals surface area contributed by atoms with Crippen molar-refractivity contribution in [2.45, 2.75) is 97.8 Å². The summed E-state index contributed by atoms with van der Waals surface area (Å²) >= 11 is 0. The van der Waals surface area contributed by atoms with Crippen molar-refractivity contribution in [1.29, 1.82) is 5.41 Å². The Morgan fingerprint density at radius 3 is 2.14 bits per heavy atom. The van der Waals surface area contributed by atoms with Crippen LogP contribution in [0.25, 0.3) is 0 Å². The average molecular weight is 705 g/mol. The Hall–Kier alpha value is -4.13. The molecule has 2 N–H and O–H groups in total. The van der Waals surface area contributed by atoms with Crippen molar-refractivity contribution in [3.8, 4) is 5.75 Å². The van der Waals surface area contributed by atoms with Gasteiger partial charge in [-0.05, 0) is 74.7 Å². The number of anilines is 3. The van der Waals surface area contributed by atoms with Crippen LogP contribution in [0.15, 0.2) is 73.3 Å². The maximum atomic E-state index is 7.89. The lowest BCUT2D eigenvalue weighted by Crippen LogP contribution is -2.48. The van der Waals surface area contributed by atoms with E-state index in [4.69, 9.17) is 24.4 Å². The summed E-state index contributed by atoms with van der Waals surface area (Å²) in [6.45, 7) is 22.2. The van der Waals surface area contributed by atoms with Crippen LogP contribution in [0, 0.1) is 5.41 Å². The van der Waals surface area contributed by atoms with Crippen molar-refractivity contribution >= 4 is 23.4 Å². The van der Waals surface area contributed by atoms with E-state index >= 15 is 0 Å². The molecule has 2 aromatic carbocycles. The molecule has 3 aliphatic heterocycles. The molecule has 3 aromatic rings. The van der Waals surface area contributed by atoms with Gasteiger partial charge >= 0.3 is 0 Å². The van der Waals surface area contributed by atoms with E-state index in [1.165, 1.54) is 24.1 Å². The molecular weight excluding hydrogens is 644 g/mol. The van der Waals surface area contributed by atoms with E-state index in [0.29, 0.717) is 38.2 Å². The molecule has 51 heavy (non-hydrogen) atoms. The Bertz CT molecular complexity index is 1420. The first-order valence-electron chi connectivity index (χ1n) is 18.7. The van der Waals surface area contributed by atoms with Gasteiger partial charge in [0.2, 0.25) is 5.79 Å². The first-order valence-corrected chi connectivity index (χ1v) is 18.7. The molecule has 6 rings (SSSR count). The Morgan fingerprint density at radius 1 is 1.02 bits per heavy atom. The molecule has 0 aliphatic carbocycles. The largest absolute Gasteiger partial charge is 0.491 e. The molecule has 4 unspecified atom stereocenters. The minimum atomic E-state index is -0.905. The minimum Gasteiger partial charge on any atom is -0.491 e. The zero-order valence-corrected chi connectivity index (χ0v) is 31.6. The fraction of sp³-hybridized carbons (Fsp3) is 0.564. The van der Waals surface area contributed by atoms with E-state index in [-0.39, 0.29) is 12.2 Å². The second kappa shape index (κ2) is 20.0. The number of ether oxygens (including phenoxy) is 4. The monoisotopic (exact) mass is 704 g/mol. The Balaban J connectivity index is 0.00000111. The average Bonchev–Trinajstić information content (AvgIpc) is 3.97. The fourth-order valence-electron chi connectivity index (χ4n) is 6.22. The second-order valence-corrected chi connectivity index (χ2v) is 12.8. The number of hydrogen-bond donors (Lipinski definition) is 2. The topological polar surface area (TPSA) is 113 Å². The number of nitrogens with one attached hydrogen (secondary N) is 2. The summed E-state index contributed by atoms with van der Waals surface area (Å²) in [5, 5.41) is 19.7. The molecule has 4 heterocycles. The van der Waals surface area contributed by atoms with Gasteiger partial charge in [0.15, 0.2) is 0 Å². The first kappa shape index (κ1) is 39.7. The standard InChI is InChI=1S/C34H46N8O4.C3H8.C2H6/c1-4-26(2)38-27(3)41(25-35)30-9-7-28(8-10-30)39-17-19-40(20-18-39)29-11-13-31(14-12-29)44-22-32-23-45-34(46-32,33-6-5-21-43-33)24-42-36-15-16-37-42;1-3-2;1-2/h7-16,25-26,32-33,35,38H,3-6,17-24H2,1-2H3;3H2,1-2H3;1-2H3. The summed E-state index contributed by atoms with van der Waals surface area (Å²) in [5.74, 6) is 0.604. The highest BCUT2D eigenvalue weighted by Gasteiger charge is 2.51. The first-order chi connectivity index (χ1) is 24.9. The van der Waals surface area contributed by atoms with Gasteiger partial charge in [0.25, 0.3) is 0 Å². The van der Waals surface area contributed by atoms with E-state index in [9.17, 15) is 0 Å². The van der Waals surface area contributed by atoms with Crippen LogP contribution in [-0.2, 0) is 20.8 Å². The summed E-state index contributed by atoms with van der Waals surface area (Å²) in [6.07, 6.45) is 8.36. The van der Waals surface area contributed by atoms with Gasteiger partial charge in [-0.3, -0.25) is 10.3 Å². The lowest BCUT2D eigenvalue weighted by atomic mass is 10.1. The normalized spacial score (nSPS) is 21.8. The third-order valence-electron chi connectivity index (χ3n) is 8.98. The van der Waals surface area contributed by atoms with E-state index in [1.807, 2.05) is 26.0 Å². The number of aromatic nitrogens is 3. The molecule has 0 spiro atoms. The lowest BCUT2D eigenvalue weighted by molar-refractivity contribution is -0.241. The van der Waals surface area contributed by atoms with Crippen molar-refractivity contribution < 1.29 is 18.9 Å². The number of benzene rings is 2. The van der Waals surface area contributed by atoms with Crippen LogP contribution in [0.5, 0.6) is 5.75 Å². The van der Waals surface area contributed by atoms with Crippen molar-refractivity contribution in [2.75, 3.05) is 60.7 Å². The predicted octanol–water partition coefficient (Wildman–Crippen LogP) is 6.69. The summed E-state index contributed by atoms with van der Waals surface area (Å²) in [5.41, 5.74) is 3.28. The van der Waals surface area contributed by atoms with Crippen molar-refractivity contribution in [1.82, 2.24) is 20.3 Å². The van der Waals surface area contributed by atoms with Gasteiger partial charge in [0.1, 0.15) is 36.9 Å². The van der Waals surface area contributed by atoms with E-state index in [2.05, 4.69) is 96.0 Å². The number of hydrogen-bond acceptors (Lipinski definition) is 10. The molecule has 3 fully saturated rings. The molecule has 12 heteroatoms. The molecular formula is C39H60N8O4. The Labute approximate surface area is 305 Å². The van der Waals surface area contributed by atoms with Gasteiger partial charge < -0.3 is 34.1 Å². The van der Waals surface area contributed by atoms with Crippen molar-refractivity contribution in [2.24, 2.45) is 0 Å². The third kappa shape index (κ3) is 10.7. The summed E-state index contributed by atoms with van der Waals surface area (Å²) < 4.78 is 24.8. The number of piperazine rings is 1. The van der Waals surface area contributed by atoms with Crippen molar-refractivity contribution in [3.63, 3.8) is 0 Å². The molecule has 0 radical (unpaired) electrons. The molecule has 3 aliphatic rings. The third-order valence-corrected chi connectivity index (χ3v) is 8.98. The predicted molar refractivity (Wildman–Crippen MR) is 206 cm³/mol. The minimum absolute atomic E-state index is 0.150. The maximum absolute atomic E-state index is 7.89. The number of rotatable bonds is 14. The Kier molecular flexibility index (Phi) is 15.6. The van der Waals surface area contributed by atoms with E-state index < -0.39 is 5.79 Å². The molecule has 280 valence electrons. The van der Waals surface area contributed by atoms with Crippen LogP contribution in [-0.4, -0.2) is 91.4 Å². The van der Waals surface area contributed by atoms with Gasteiger partial charge in [-0.1, -0.05) is 47.6 Å². The highest BCUT2D eigenvalue weighted by Crippen LogP contribution is 2.36. The molecule has 1 aromatic heterocycles. The fourth-order valence-corrected chi connectivity index (χ4v) is 6.22. The van der Waals surface area contributed by atoms with E-state index in [0.717, 1.165) is 56.9 Å². The molecule has 0 amide bonds. The lowest BCUT2D eigenvalue weighted by Gasteiger charge is -2.37. The molecule has 0 bridgehead atoms. The molecule has 12 nitrogen and oxygen atoms in total. The highest BCUT2D eigenvalue weighted by molar-refractivity contribution is 5.81. The SMILES string of the molecule is C=C(NC(C)CC)N(C=N)c1ccc(N2CCN(c3ccc(OCC4COC(Cn5nccn5)(C5CCCO5)O4)cc3)CC2)cc1.CC.CCC. The summed E-state index contributed by atoms with van der Waals surface area (Å²) in [7, 11) is 0. The van der Waals surface area contributed by atoms with Gasteiger partial charge in [-0.25, -0.2) is 0 Å². The zero-order chi connectivity index (χ0) is 36.6. The Morgan fingerprint density at radius 2 is 1.61 bits per heavy atom.